The molecule has 0 saturated carbocycles. The normalized spacial score (nSPS) is 10.7. The molecule has 0 bridgehead atoms. The zero-order chi connectivity index (χ0) is 22.7. The van der Waals surface area contributed by atoms with Crippen molar-refractivity contribution < 1.29 is 14.3 Å². The molecule has 4 aromatic rings. The fourth-order valence-corrected chi connectivity index (χ4v) is 4.12. The van der Waals surface area contributed by atoms with E-state index in [-0.39, 0.29) is 11.8 Å². The van der Waals surface area contributed by atoms with Gasteiger partial charge >= 0.3 is 0 Å². The van der Waals surface area contributed by atoms with Crippen LogP contribution in [0.5, 0.6) is 5.75 Å². The highest BCUT2D eigenvalue weighted by atomic mass is 32.1. The van der Waals surface area contributed by atoms with E-state index in [1.807, 2.05) is 25.1 Å². The predicted octanol–water partition coefficient (Wildman–Crippen LogP) is 4.38. The Hall–Kier alpha value is -3.91. The number of nitrogens with two attached hydrogens (primary N) is 1. The number of methoxy groups -OCH3 is 1. The van der Waals surface area contributed by atoms with Crippen LogP contribution in [0, 0.1) is 6.92 Å². The van der Waals surface area contributed by atoms with Gasteiger partial charge in [-0.1, -0.05) is 23.5 Å². The predicted molar refractivity (Wildman–Crippen MR) is 127 cm³/mol. The summed E-state index contributed by atoms with van der Waals surface area (Å²) in [6, 6.07) is 17.9. The minimum absolute atomic E-state index is 0.192. The molecule has 0 aliphatic rings. The summed E-state index contributed by atoms with van der Waals surface area (Å²) in [6.45, 7) is 2.19. The average molecular weight is 447 g/mol. The van der Waals surface area contributed by atoms with Crippen LogP contribution in [0.3, 0.4) is 0 Å². The first-order valence-electron chi connectivity index (χ1n) is 9.92. The lowest BCUT2D eigenvalue weighted by Gasteiger charge is -2.10. The summed E-state index contributed by atoms with van der Waals surface area (Å²) < 4.78 is 6.14. The molecule has 0 aliphatic carbocycles. The highest BCUT2D eigenvalue weighted by molar-refractivity contribution is 7.22. The molecule has 0 fully saturated rings. The number of carbonyl (C=O) groups excluding carboxylic acids is 2. The van der Waals surface area contributed by atoms with Gasteiger partial charge < -0.3 is 21.1 Å². The lowest BCUT2D eigenvalue weighted by atomic mass is 10.1. The second-order valence-corrected chi connectivity index (χ2v) is 8.32. The van der Waals surface area contributed by atoms with Gasteiger partial charge in [0.1, 0.15) is 5.75 Å². The van der Waals surface area contributed by atoms with Gasteiger partial charge in [0.2, 0.25) is 0 Å². The Morgan fingerprint density at radius 3 is 2.62 bits per heavy atom. The molecule has 0 radical (unpaired) electrons. The van der Waals surface area contributed by atoms with E-state index < -0.39 is 0 Å². The zero-order valence-electron chi connectivity index (χ0n) is 17.6. The molecule has 3 aromatic carbocycles. The summed E-state index contributed by atoms with van der Waals surface area (Å²) in [7, 11) is 1.60. The molecule has 4 N–H and O–H groups in total. The Morgan fingerprint density at radius 1 is 1.03 bits per heavy atom. The SMILES string of the molecule is COc1ccc(C(=O)NCc2cccc(C(=O)Nc3ccc4nc(N)sc4c3)c2)cc1C. The van der Waals surface area contributed by atoms with Gasteiger partial charge in [-0.25, -0.2) is 4.98 Å². The molecule has 0 atom stereocenters. The van der Waals surface area contributed by atoms with Crippen molar-refractivity contribution in [3.8, 4) is 5.75 Å². The molecule has 8 heteroatoms. The monoisotopic (exact) mass is 446 g/mol. The van der Waals surface area contributed by atoms with E-state index in [2.05, 4.69) is 15.6 Å². The number of ether oxygens (including phenoxy) is 1. The maximum absolute atomic E-state index is 12.7. The first kappa shape index (κ1) is 21.3. The Morgan fingerprint density at radius 2 is 1.84 bits per heavy atom. The number of fused-ring (bicyclic) bond motifs is 1. The Labute approximate surface area is 189 Å². The first-order valence-corrected chi connectivity index (χ1v) is 10.7. The van der Waals surface area contributed by atoms with Crippen molar-refractivity contribution in [1.82, 2.24) is 10.3 Å². The standard InChI is InChI=1S/C24H22N4O3S/c1-14-10-17(6-9-20(14)31-2)22(29)26-13-15-4-3-5-16(11-15)23(30)27-18-7-8-19-21(12-18)32-24(25)28-19/h3-12H,13H2,1-2H3,(H2,25,28)(H,26,29)(H,27,30). The van der Waals surface area contributed by atoms with E-state index in [0.717, 1.165) is 27.1 Å². The minimum Gasteiger partial charge on any atom is -0.496 e. The second kappa shape index (κ2) is 9.07. The van der Waals surface area contributed by atoms with Gasteiger partial charge in [-0.05, 0) is 66.6 Å². The van der Waals surface area contributed by atoms with Crippen molar-refractivity contribution in [2.75, 3.05) is 18.2 Å². The van der Waals surface area contributed by atoms with Crippen LogP contribution in [0.4, 0.5) is 10.8 Å². The highest BCUT2D eigenvalue weighted by Gasteiger charge is 2.11. The van der Waals surface area contributed by atoms with Crippen molar-refractivity contribution in [2.24, 2.45) is 0 Å². The number of thiazole rings is 1. The number of benzene rings is 3. The van der Waals surface area contributed by atoms with Crippen LogP contribution in [-0.2, 0) is 6.54 Å². The van der Waals surface area contributed by atoms with Gasteiger partial charge in [0.25, 0.3) is 11.8 Å². The summed E-state index contributed by atoms with van der Waals surface area (Å²) in [5, 5.41) is 6.27. The van der Waals surface area contributed by atoms with Gasteiger partial charge in [0.15, 0.2) is 5.13 Å². The van der Waals surface area contributed by atoms with Crippen molar-refractivity contribution >= 4 is 44.2 Å². The van der Waals surface area contributed by atoms with E-state index >= 15 is 0 Å². The van der Waals surface area contributed by atoms with E-state index in [1.165, 1.54) is 11.3 Å². The number of anilines is 2. The van der Waals surface area contributed by atoms with Crippen LogP contribution in [0.1, 0.15) is 31.8 Å². The minimum atomic E-state index is -0.235. The van der Waals surface area contributed by atoms with Gasteiger partial charge in [-0.15, -0.1) is 0 Å². The van der Waals surface area contributed by atoms with Crippen LogP contribution in [0.2, 0.25) is 0 Å². The molecular formula is C24H22N4O3S. The Kier molecular flexibility index (Phi) is 6.04. The maximum atomic E-state index is 12.7. The number of hydrogen-bond donors (Lipinski definition) is 3. The molecule has 2 amide bonds. The third kappa shape index (κ3) is 4.70. The fourth-order valence-electron chi connectivity index (χ4n) is 3.35. The van der Waals surface area contributed by atoms with Crippen LogP contribution >= 0.6 is 11.3 Å². The summed E-state index contributed by atoms with van der Waals surface area (Å²) >= 11 is 1.37. The van der Waals surface area contributed by atoms with Crippen molar-refractivity contribution in [3.63, 3.8) is 0 Å². The smallest absolute Gasteiger partial charge is 0.255 e. The Bertz CT molecular complexity index is 1320. The number of hydrogen-bond acceptors (Lipinski definition) is 6. The summed E-state index contributed by atoms with van der Waals surface area (Å²) in [5.41, 5.74) is 9.97. The number of rotatable bonds is 6. The van der Waals surface area contributed by atoms with E-state index in [4.69, 9.17) is 10.5 Å². The van der Waals surface area contributed by atoms with E-state index in [9.17, 15) is 9.59 Å². The third-order valence-electron chi connectivity index (χ3n) is 4.96. The van der Waals surface area contributed by atoms with Gasteiger partial charge in [-0.2, -0.15) is 0 Å². The Balaban J connectivity index is 1.41. The van der Waals surface area contributed by atoms with Crippen molar-refractivity contribution in [2.45, 2.75) is 13.5 Å². The van der Waals surface area contributed by atoms with Crippen molar-refractivity contribution in [1.29, 1.82) is 0 Å². The maximum Gasteiger partial charge on any atom is 0.255 e. The number of nitrogens with zero attached hydrogens (tertiary/aromatic N) is 1. The fraction of sp³-hybridized carbons (Fsp3) is 0.125. The molecule has 7 nitrogen and oxygen atoms in total. The molecule has 1 aromatic heterocycles. The number of aryl methyl sites for hydroxylation is 1. The van der Waals surface area contributed by atoms with Crippen LogP contribution in [0.25, 0.3) is 10.2 Å². The second-order valence-electron chi connectivity index (χ2n) is 7.26. The quantitative estimate of drug-likeness (QED) is 0.408. The molecule has 162 valence electrons. The van der Waals surface area contributed by atoms with Gasteiger partial charge in [0.05, 0.1) is 17.3 Å². The lowest BCUT2D eigenvalue weighted by molar-refractivity contribution is 0.0950. The number of amides is 2. The number of nitrogens with one attached hydrogen (secondary N) is 2. The molecule has 4 rings (SSSR count). The van der Waals surface area contributed by atoms with E-state index in [1.54, 1.807) is 49.6 Å². The van der Waals surface area contributed by atoms with Crippen molar-refractivity contribution in [3.05, 3.63) is 82.9 Å². The average Bonchev–Trinajstić information content (AvgIpc) is 3.16. The topological polar surface area (TPSA) is 106 Å². The van der Waals surface area contributed by atoms with Gasteiger partial charge in [-0.3, -0.25) is 9.59 Å². The molecular weight excluding hydrogens is 424 g/mol. The molecule has 1 heterocycles. The summed E-state index contributed by atoms with van der Waals surface area (Å²) in [5.74, 6) is 0.307. The van der Waals surface area contributed by atoms with Crippen LogP contribution in [0.15, 0.2) is 60.7 Å². The lowest BCUT2D eigenvalue weighted by Crippen LogP contribution is -2.23. The summed E-state index contributed by atoms with van der Waals surface area (Å²) in [4.78, 5) is 29.4. The molecule has 32 heavy (non-hydrogen) atoms. The third-order valence-corrected chi connectivity index (χ3v) is 5.81. The molecule has 0 saturated heterocycles. The van der Waals surface area contributed by atoms with Crippen LogP contribution < -0.4 is 21.1 Å². The first-order chi connectivity index (χ1) is 15.4. The molecule has 0 unspecified atom stereocenters. The molecule has 0 spiro atoms. The highest BCUT2D eigenvalue weighted by Crippen LogP contribution is 2.26. The number of carbonyl (C=O) groups is 2. The largest absolute Gasteiger partial charge is 0.496 e. The summed E-state index contributed by atoms with van der Waals surface area (Å²) in [6.07, 6.45) is 0. The van der Waals surface area contributed by atoms with Crippen LogP contribution in [-0.4, -0.2) is 23.9 Å². The molecule has 0 aliphatic heterocycles. The zero-order valence-corrected chi connectivity index (χ0v) is 18.5. The van der Waals surface area contributed by atoms with Gasteiger partial charge in [0, 0.05) is 23.4 Å². The number of nitrogen functional groups attached to an aromatic ring is 1. The van der Waals surface area contributed by atoms with E-state index in [0.29, 0.717) is 28.5 Å². The number of aromatic nitrogens is 1.